The first-order valence-electron chi connectivity index (χ1n) is 6.96. The molecule has 0 aliphatic carbocycles. The van der Waals surface area contributed by atoms with Crippen LogP contribution in [0.1, 0.15) is 11.1 Å². The Balaban J connectivity index is 2.02. The molecule has 0 atom stereocenters. The van der Waals surface area contributed by atoms with E-state index >= 15 is 0 Å². The molecule has 23 heavy (non-hydrogen) atoms. The van der Waals surface area contributed by atoms with Crippen molar-refractivity contribution < 1.29 is 5.11 Å². The molecule has 3 rings (SSSR count). The minimum absolute atomic E-state index is 0.0706. The van der Waals surface area contributed by atoms with Gasteiger partial charge in [-0.15, -0.1) is 0 Å². The highest BCUT2D eigenvalue weighted by atomic mass is 35.5. The summed E-state index contributed by atoms with van der Waals surface area (Å²) in [5.41, 5.74) is 8.48. The maximum atomic E-state index is 9.44. The number of nitrogens with zero attached hydrogens (tertiary/aromatic N) is 3. The van der Waals surface area contributed by atoms with Crippen LogP contribution in [0.2, 0.25) is 5.02 Å². The highest BCUT2D eigenvalue weighted by Gasteiger charge is 2.14. The van der Waals surface area contributed by atoms with E-state index in [1.807, 2.05) is 29.0 Å². The Hall–Kier alpha value is -1.86. The zero-order valence-corrected chi connectivity index (χ0v) is 13.8. The van der Waals surface area contributed by atoms with Crippen molar-refractivity contribution in [3.8, 4) is 5.69 Å². The first kappa shape index (κ1) is 16.0. The summed E-state index contributed by atoms with van der Waals surface area (Å²) < 4.78 is 1.87. The van der Waals surface area contributed by atoms with Crippen LogP contribution in [-0.4, -0.2) is 19.6 Å². The summed E-state index contributed by atoms with van der Waals surface area (Å²) in [7, 11) is 0. The van der Waals surface area contributed by atoms with Crippen LogP contribution in [-0.2, 0) is 13.2 Å². The number of aliphatic hydroxyl groups excluding tert-OH is 1. The van der Waals surface area contributed by atoms with Crippen molar-refractivity contribution in [2.24, 2.45) is 5.73 Å². The van der Waals surface area contributed by atoms with Crippen molar-refractivity contribution in [1.29, 1.82) is 0 Å². The van der Waals surface area contributed by atoms with E-state index in [1.54, 1.807) is 24.8 Å². The number of halogens is 1. The summed E-state index contributed by atoms with van der Waals surface area (Å²) in [6, 6.07) is 7.48. The van der Waals surface area contributed by atoms with Crippen molar-refractivity contribution in [2.45, 2.75) is 23.1 Å². The van der Waals surface area contributed by atoms with Gasteiger partial charge in [0.15, 0.2) is 0 Å². The molecule has 0 saturated heterocycles. The smallest absolute Gasteiger partial charge is 0.106 e. The van der Waals surface area contributed by atoms with Crippen molar-refractivity contribution in [1.82, 2.24) is 14.5 Å². The van der Waals surface area contributed by atoms with E-state index in [4.69, 9.17) is 17.3 Å². The average Bonchev–Trinajstić information content (AvgIpc) is 3.11. The van der Waals surface area contributed by atoms with Gasteiger partial charge in [-0.3, -0.25) is 0 Å². The van der Waals surface area contributed by atoms with Crippen LogP contribution in [0, 0.1) is 0 Å². The zero-order valence-electron chi connectivity index (χ0n) is 12.2. The number of pyridine rings is 1. The van der Waals surface area contributed by atoms with Crippen LogP contribution in [0.3, 0.4) is 0 Å². The van der Waals surface area contributed by atoms with Gasteiger partial charge >= 0.3 is 0 Å². The van der Waals surface area contributed by atoms with E-state index in [2.05, 4.69) is 9.97 Å². The lowest BCUT2D eigenvalue weighted by Crippen LogP contribution is -2.02. The topological polar surface area (TPSA) is 77.0 Å². The van der Waals surface area contributed by atoms with Gasteiger partial charge in [-0.05, 0) is 23.8 Å². The molecule has 0 saturated carbocycles. The summed E-state index contributed by atoms with van der Waals surface area (Å²) >= 11 is 7.89. The number of imidazole rings is 1. The van der Waals surface area contributed by atoms with E-state index in [1.165, 1.54) is 11.8 Å². The third-order valence-corrected chi connectivity index (χ3v) is 5.00. The minimum atomic E-state index is -0.0706. The molecule has 0 radical (unpaired) electrons. The van der Waals surface area contributed by atoms with Gasteiger partial charge in [0.2, 0.25) is 0 Å². The molecule has 1 aromatic carbocycles. The number of aromatic nitrogens is 3. The van der Waals surface area contributed by atoms with Gasteiger partial charge in [0.05, 0.1) is 18.0 Å². The number of hydrogen-bond acceptors (Lipinski definition) is 5. The molecule has 3 N–H and O–H groups in total. The van der Waals surface area contributed by atoms with Crippen molar-refractivity contribution in [3.05, 3.63) is 65.3 Å². The molecular weight excluding hydrogens is 332 g/mol. The van der Waals surface area contributed by atoms with E-state index < -0.39 is 0 Å². The molecule has 2 aromatic heterocycles. The van der Waals surface area contributed by atoms with Crippen LogP contribution in [0.15, 0.2) is 59.1 Å². The summed E-state index contributed by atoms with van der Waals surface area (Å²) in [6.07, 6.45) is 6.96. The van der Waals surface area contributed by atoms with Gasteiger partial charge in [0.25, 0.3) is 0 Å². The predicted octanol–water partition coefficient (Wildman–Crippen LogP) is 3.02. The maximum Gasteiger partial charge on any atom is 0.106 e. The number of rotatable bonds is 5. The fraction of sp³-hybridized carbons (Fsp3) is 0.125. The van der Waals surface area contributed by atoms with Crippen molar-refractivity contribution in [2.75, 3.05) is 0 Å². The van der Waals surface area contributed by atoms with Gasteiger partial charge in [-0.1, -0.05) is 29.4 Å². The molecule has 0 bridgehead atoms. The monoisotopic (exact) mass is 346 g/mol. The summed E-state index contributed by atoms with van der Waals surface area (Å²) in [5, 5.41) is 10.8. The highest BCUT2D eigenvalue weighted by molar-refractivity contribution is 7.99. The number of hydrogen-bond donors (Lipinski definition) is 2. The Labute approximate surface area is 143 Å². The third-order valence-electron chi connectivity index (χ3n) is 3.35. The van der Waals surface area contributed by atoms with Crippen LogP contribution >= 0.6 is 23.4 Å². The lowest BCUT2D eigenvalue weighted by Gasteiger charge is -2.14. The quantitative estimate of drug-likeness (QED) is 0.742. The average molecular weight is 347 g/mol. The van der Waals surface area contributed by atoms with E-state index in [0.29, 0.717) is 11.6 Å². The molecule has 0 aliphatic heterocycles. The van der Waals surface area contributed by atoms with Crippen molar-refractivity contribution >= 4 is 23.4 Å². The standard InChI is InChI=1S/C16H15ClN4OS/c17-14-7-13(21-5-4-19-10-21)6-12(8-18)15(14)23-16-11(9-22)2-1-3-20-16/h1-7,10,22H,8-9,18H2. The molecule has 0 amide bonds. The van der Waals surface area contributed by atoms with Gasteiger partial charge < -0.3 is 15.4 Å². The SMILES string of the molecule is NCc1cc(-n2ccnc2)cc(Cl)c1Sc1ncccc1CO. The lowest BCUT2D eigenvalue weighted by atomic mass is 10.2. The fourth-order valence-electron chi connectivity index (χ4n) is 2.19. The fourth-order valence-corrected chi connectivity index (χ4v) is 3.54. The van der Waals surface area contributed by atoms with Gasteiger partial charge in [-0.25, -0.2) is 9.97 Å². The van der Waals surface area contributed by atoms with Crippen LogP contribution in [0.5, 0.6) is 0 Å². The van der Waals surface area contributed by atoms with Crippen LogP contribution < -0.4 is 5.73 Å². The second-order valence-electron chi connectivity index (χ2n) is 4.82. The number of benzene rings is 1. The van der Waals surface area contributed by atoms with E-state index in [-0.39, 0.29) is 6.61 Å². The lowest BCUT2D eigenvalue weighted by molar-refractivity contribution is 0.278. The number of aliphatic hydroxyl groups is 1. The van der Waals surface area contributed by atoms with Crippen molar-refractivity contribution in [3.63, 3.8) is 0 Å². The molecule has 0 spiro atoms. The Morgan fingerprint density at radius 3 is 2.83 bits per heavy atom. The Kier molecular flexibility index (Phi) is 4.97. The van der Waals surface area contributed by atoms with Gasteiger partial charge in [0.1, 0.15) is 5.03 Å². The molecule has 118 valence electrons. The Bertz CT molecular complexity index is 808. The minimum Gasteiger partial charge on any atom is -0.392 e. The largest absolute Gasteiger partial charge is 0.392 e. The van der Waals surface area contributed by atoms with Crippen LogP contribution in [0.25, 0.3) is 5.69 Å². The molecule has 0 aliphatic rings. The molecule has 0 unspecified atom stereocenters. The summed E-state index contributed by atoms with van der Waals surface area (Å²) in [5.74, 6) is 0. The first-order chi connectivity index (χ1) is 11.2. The first-order valence-corrected chi connectivity index (χ1v) is 8.15. The molecule has 5 nitrogen and oxygen atoms in total. The van der Waals surface area contributed by atoms with E-state index in [0.717, 1.165) is 26.7 Å². The molecule has 0 fully saturated rings. The summed E-state index contributed by atoms with van der Waals surface area (Å²) in [6.45, 7) is 0.282. The molecular formula is C16H15ClN4OS. The number of nitrogens with two attached hydrogens (primary N) is 1. The molecule has 3 aromatic rings. The Morgan fingerprint density at radius 2 is 2.13 bits per heavy atom. The van der Waals surface area contributed by atoms with Gasteiger partial charge in [-0.2, -0.15) is 0 Å². The maximum absolute atomic E-state index is 9.44. The van der Waals surface area contributed by atoms with Gasteiger partial charge in [0, 0.05) is 41.3 Å². The second kappa shape index (κ2) is 7.14. The van der Waals surface area contributed by atoms with Crippen LogP contribution in [0.4, 0.5) is 0 Å². The normalized spacial score (nSPS) is 10.9. The van der Waals surface area contributed by atoms with E-state index in [9.17, 15) is 5.11 Å². The highest BCUT2D eigenvalue weighted by Crippen LogP contribution is 2.38. The zero-order chi connectivity index (χ0) is 16.2. The molecule has 2 heterocycles. The molecule has 7 heteroatoms. The summed E-state index contributed by atoms with van der Waals surface area (Å²) in [4.78, 5) is 9.22. The Morgan fingerprint density at radius 1 is 1.26 bits per heavy atom. The second-order valence-corrected chi connectivity index (χ2v) is 6.22. The third kappa shape index (κ3) is 3.40. The predicted molar refractivity (Wildman–Crippen MR) is 90.7 cm³/mol.